The minimum Gasteiger partial charge on any atom is -0.491 e. The number of aliphatic hydroxyl groups excluding tert-OH is 1. The van der Waals surface area contributed by atoms with Gasteiger partial charge in [-0.3, -0.25) is 0 Å². The molecule has 0 heterocycles. The van der Waals surface area contributed by atoms with E-state index < -0.39 is 6.10 Å². The van der Waals surface area contributed by atoms with E-state index in [1.807, 2.05) is 55.5 Å². The first-order valence-corrected chi connectivity index (χ1v) is 7.30. The largest absolute Gasteiger partial charge is 0.491 e. The van der Waals surface area contributed by atoms with Crippen molar-refractivity contribution in [3.63, 3.8) is 0 Å². The lowest BCUT2D eigenvalue weighted by atomic mass is 10.2. The number of ether oxygens (including phenoxy) is 1. The molecule has 20 heavy (non-hydrogen) atoms. The van der Waals surface area contributed by atoms with Crippen molar-refractivity contribution in [3.8, 4) is 5.75 Å². The van der Waals surface area contributed by atoms with Crippen LogP contribution in [0.3, 0.4) is 0 Å². The van der Waals surface area contributed by atoms with Gasteiger partial charge in [0.25, 0.3) is 0 Å². The second-order valence-electron chi connectivity index (χ2n) is 4.68. The number of hydrogen-bond donors (Lipinski definition) is 2. The molecule has 0 spiro atoms. The zero-order chi connectivity index (χ0) is 14.4. The lowest BCUT2D eigenvalue weighted by Crippen LogP contribution is -2.26. The van der Waals surface area contributed by atoms with E-state index in [1.165, 1.54) is 0 Å². The van der Waals surface area contributed by atoms with Crippen molar-refractivity contribution in [2.24, 2.45) is 0 Å². The maximum atomic E-state index is 9.91. The molecule has 0 bridgehead atoms. The Hall–Kier alpha value is -1.52. The molecule has 106 valence electrons. The van der Waals surface area contributed by atoms with Gasteiger partial charge in [0, 0.05) is 16.7 Å². The monoisotopic (exact) mass is 335 g/mol. The van der Waals surface area contributed by atoms with Crippen LogP contribution in [-0.4, -0.2) is 24.4 Å². The van der Waals surface area contributed by atoms with Crippen LogP contribution < -0.4 is 10.1 Å². The zero-order valence-corrected chi connectivity index (χ0v) is 12.9. The van der Waals surface area contributed by atoms with E-state index in [2.05, 4.69) is 21.2 Å². The summed E-state index contributed by atoms with van der Waals surface area (Å²) in [6.45, 7) is 2.75. The van der Waals surface area contributed by atoms with Gasteiger partial charge in [0.05, 0.1) is 0 Å². The lowest BCUT2D eigenvalue weighted by Gasteiger charge is -2.14. The predicted octanol–water partition coefficient (Wildman–Crippen LogP) is 3.61. The molecule has 0 amide bonds. The quantitative estimate of drug-likeness (QED) is 0.847. The molecule has 2 rings (SSSR count). The first-order valence-electron chi connectivity index (χ1n) is 6.50. The van der Waals surface area contributed by atoms with Crippen LogP contribution in [-0.2, 0) is 0 Å². The highest BCUT2D eigenvalue weighted by atomic mass is 79.9. The van der Waals surface area contributed by atoms with Gasteiger partial charge in [-0.15, -0.1) is 0 Å². The summed E-state index contributed by atoms with van der Waals surface area (Å²) in [6.07, 6.45) is -0.561. The highest BCUT2D eigenvalue weighted by molar-refractivity contribution is 9.10. The van der Waals surface area contributed by atoms with Gasteiger partial charge in [0.2, 0.25) is 0 Å². The van der Waals surface area contributed by atoms with Crippen molar-refractivity contribution in [1.29, 1.82) is 0 Å². The molecule has 0 aliphatic rings. The summed E-state index contributed by atoms with van der Waals surface area (Å²) in [6, 6.07) is 15.6. The third-order valence-corrected chi connectivity index (χ3v) is 3.23. The summed E-state index contributed by atoms with van der Waals surface area (Å²) in [5.74, 6) is 0.768. The summed E-state index contributed by atoms with van der Waals surface area (Å²) < 4.78 is 6.53. The van der Waals surface area contributed by atoms with Gasteiger partial charge in [-0.25, -0.2) is 0 Å². The lowest BCUT2D eigenvalue weighted by molar-refractivity contribution is 0.117. The Morgan fingerprint density at radius 3 is 2.65 bits per heavy atom. The highest BCUT2D eigenvalue weighted by Gasteiger charge is 2.05. The van der Waals surface area contributed by atoms with Crippen molar-refractivity contribution >= 4 is 21.6 Å². The molecular formula is C16H18BrNO2. The Bertz CT molecular complexity index is 525. The van der Waals surface area contributed by atoms with Gasteiger partial charge in [-0.05, 0) is 42.8 Å². The summed E-state index contributed by atoms with van der Waals surface area (Å²) in [4.78, 5) is 0. The molecule has 2 aromatic rings. The van der Waals surface area contributed by atoms with Gasteiger partial charge in [-0.1, -0.05) is 34.1 Å². The Kier molecular flexibility index (Phi) is 5.44. The Morgan fingerprint density at radius 2 is 1.95 bits per heavy atom. The van der Waals surface area contributed by atoms with E-state index in [9.17, 15) is 5.11 Å². The third-order valence-electron chi connectivity index (χ3n) is 2.77. The number of rotatable bonds is 6. The zero-order valence-electron chi connectivity index (χ0n) is 11.3. The average Bonchev–Trinajstić information content (AvgIpc) is 2.43. The summed E-state index contributed by atoms with van der Waals surface area (Å²) in [5, 5.41) is 13.1. The van der Waals surface area contributed by atoms with Crippen LogP contribution in [0.4, 0.5) is 5.69 Å². The molecule has 2 aromatic carbocycles. The van der Waals surface area contributed by atoms with Crippen molar-refractivity contribution in [1.82, 2.24) is 0 Å². The van der Waals surface area contributed by atoms with Crippen molar-refractivity contribution in [2.45, 2.75) is 13.0 Å². The molecule has 0 fully saturated rings. The molecular weight excluding hydrogens is 318 g/mol. The van der Waals surface area contributed by atoms with Crippen LogP contribution in [0.1, 0.15) is 5.56 Å². The Labute approximate surface area is 127 Å². The van der Waals surface area contributed by atoms with E-state index in [4.69, 9.17) is 4.74 Å². The molecule has 0 saturated heterocycles. The molecule has 0 aliphatic carbocycles. The van der Waals surface area contributed by atoms with Crippen molar-refractivity contribution in [3.05, 3.63) is 58.6 Å². The predicted molar refractivity (Wildman–Crippen MR) is 85.3 cm³/mol. The number of hydrogen-bond acceptors (Lipinski definition) is 3. The number of aliphatic hydroxyl groups is 1. The molecule has 0 aromatic heterocycles. The number of nitrogens with one attached hydrogen (secondary N) is 1. The average molecular weight is 336 g/mol. The van der Waals surface area contributed by atoms with Gasteiger partial charge in [0.15, 0.2) is 0 Å². The highest BCUT2D eigenvalue weighted by Crippen LogP contribution is 2.19. The van der Waals surface area contributed by atoms with Crippen LogP contribution in [0.2, 0.25) is 0 Å². The van der Waals surface area contributed by atoms with E-state index in [0.717, 1.165) is 21.5 Å². The first-order chi connectivity index (χ1) is 9.63. The van der Waals surface area contributed by atoms with E-state index in [1.54, 1.807) is 0 Å². The van der Waals surface area contributed by atoms with Gasteiger partial charge in [0.1, 0.15) is 18.5 Å². The van der Waals surface area contributed by atoms with Crippen LogP contribution in [0.5, 0.6) is 5.75 Å². The smallest absolute Gasteiger partial charge is 0.119 e. The SMILES string of the molecule is Cc1cc(Br)cc(NCC(O)COc2ccccc2)c1. The fourth-order valence-electron chi connectivity index (χ4n) is 1.84. The fraction of sp³-hybridized carbons (Fsp3) is 0.250. The topological polar surface area (TPSA) is 41.5 Å². The number of aryl methyl sites for hydroxylation is 1. The number of para-hydroxylation sites is 1. The third kappa shape index (κ3) is 4.87. The second-order valence-corrected chi connectivity index (χ2v) is 5.59. The summed E-state index contributed by atoms with van der Waals surface area (Å²) in [5.41, 5.74) is 2.15. The van der Waals surface area contributed by atoms with Crippen molar-refractivity contribution in [2.75, 3.05) is 18.5 Å². The standard InChI is InChI=1S/C16H18BrNO2/c1-12-7-13(17)9-14(8-12)18-10-15(19)11-20-16-5-3-2-4-6-16/h2-9,15,18-19H,10-11H2,1H3. The molecule has 0 radical (unpaired) electrons. The van der Waals surface area contributed by atoms with Crippen molar-refractivity contribution < 1.29 is 9.84 Å². The summed E-state index contributed by atoms with van der Waals surface area (Å²) in [7, 11) is 0. The Morgan fingerprint density at radius 1 is 1.20 bits per heavy atom. The maximum Gasteiger partial charge on any atom is 0.119 e. The van der Waals surface area contributed by atoms with Gasteiger partial charge < -0.3 is 15.2 Å². The molecule has 4 heteroatoms. The van der Waals surface area contributed by atoms with Crippen LogP contribution in [0, 0.1) is 6.92 Å². The van der Waals surface area contributed by atoms with E-state index >= 15 is 0 Å². The Balaban J connectivity index is 1.78. The number of halogens is 1. The summed E-state index contributed by atoms with van der Waals surface area (Å²) >= 11 is 3.45. The second kappa shape index (κ2) is 7.31. The number of benzene rings is 2. The first kappa shape index (κ1) is 14.9. The van der Waals surface area contributed by atoms with Gasteiger partial charge >= 0.3 is 0 Å². The fourth-order valence-corrected chi connectivity index (χ4v) is 2.45. The molecule has 3 nitrogen and oxygen atoms in total. The minimum atomic E-state index is -0.561. The number of anilines is 1. The van der Waals surface area contributed by atoms with Crippen LogP contribution >= 0.6 is 15.9 Å². The molecule has 0 saturated carbocycles. The molecule has 1 unspecified atom stereocenters. The van der Waals surface area contributed by atoms with E-state index in [-0.39, 0.29) is 6.61 Å². The maximum absolute atomic E-state index is 9.91. The van der Waals surface area contributed by atoms with E-state index in [0.29, 0.717) is 6.54 Å². The normalized spacial score (nSPS) is 11.9. The van der Waals surface area contributed by atoms with Crippen LogP contribution in [0.15, 0.2) is 53.0 Å². The molecule has 0 aliphatic heterocycles. The molecule has 2 N–H and O–H groups in total. The van der Waals surface area contributed by atoms with Crippen LogP contribution in [0.25, 0.3) is 0 Å². The minimum absolute atomic E-state index is 0.268. The molecule has 1 atom stereocenters. The van der Waals surface area contributed by atoms with Gasteiger partial charge in [-0.2, -0.15) is 0 Å².